The lowest BCUT2D eigenvalue weighted by Crippen LogP contribution is -2.17. The van der Waals surface area contributed by atoms with E-state index in [1.54, 1.807) is 6.20 Å². The standard InChI is InChI=1S/C17H20N2O/c1-12-4-3-9-19-17(12)11-20-14-7-8-15-13(10-14)5-2-6-16(15)18/h3-4,7-10,16H,2,5-6,11,18H2,1H3. The Morgan fingerprint density at radius 3 is 3.10 bits per heavy atom. The highest BCUT2D eigenvalue weighted by molar-refractivity contribution is 5.39. The van der Waals surface area contributed by atoms with Crippen molar-refractivity contribution in [3.05, 3.63) is 58.9 Å². The third-order valence-electron chi connectivity index (χ3n) is 3.97. The van der Waals surface area contributed by atoms with Crippen LogP contribution in [0.15, 0.2) is 36.5 Å². The van der Waals surface area contributed by atoms with E-state index in [0.717, 1.165) is 36.3 Å². The van der Waals surface area contributed by atoms with E-state index in [0.29, 0.717) is 6.61 Å². The maximum Gasteiger partial charge on any atom is 0.130 e. The van der Waals surface area contributed by atoms with E-state index in [4.69, 9.17) is 10.5 Å². The van der Waals surface area contributed by atoms with Gasteiger partial charge < -0.3 is 10.5 Å². The molecule has 0 saturated carbocycles. The summed E-state index contributed by atoms with van der Waals surface area (Å²) < 4.78 is 5.87. The van der Waals surface area contributed by atoms with Gasteiger partial charge in [-0.1, -0.05) is 12.1 Å². The predicted octanol–water partition coefficient (Wildman–Crippen LogP) is 3.31. The van der Waals surface area contributed by atoms with Crippen molar-refractivity contribution in [2.45, 2.75) is 38.8 Å². The van der Waals surface area contributed by atoms with Gasteiger partial charge in [-0.15, -0.1) is 0 Å². The minimum atomic E-state index is 0.186. The molecule has 2 aromatic rings. The molecule has 0 fully saturated rings. The molecule has 0 bridgehead atoms. The van der Waals surface area contributed by atoms with Gasteiger partial charge in [0.15, 0.2) is 0 Å². The van der Waals surface area contributed by atoms with Crippen molar-refractivity contribution >= 4 is 0 Å². The van der Waals surface area contributed by atoms with Crippen LogP contribution in [-0.2, 0) is 13.0 Å². The second-order valence-electron chi connectivity index (χ2n) is 5.42. The lowest BCUT2D eigenvalue weighted by Gasteiger charge is -2.22. The summed E-state index contributed by atoms with van der Waals surface area (Å²) in [6.07, 6.45) is 5.15. The van der Waals surface area contributed by atoms with Crippen molar-refractivity contribution in [2.24, 2.45) is 5.73 Å². The topological polar surface area (TPSA) is 48.1 Å². The van der Waals surface area contributed by atoms with Crippen LogP contribution >= 0.6 is 0 Å². The molecule has 1 atom stereocenters. The molecule has 2 N–H and O–H groups in total. The largest absolute Gasteiger partial charge is 0.487 e. The van der Waals surface area contributed by atoms with Crippen LogP contribution in [0.1, 0.15) is 41.3 Å². The number of fused-ring (bicyclic) bond motifs is 1. The minimum absolute atomic E-state index is 0.186. The highest BCUT2D eigenvalue weighted by atomic mass is 16.5. The molecule has 1 unspecified atom stereocenters. The first-order valence-corrected chi connectivity index (χ1v) is 7.16. The Morgan fingerprint density at radius 2 is 2.25 bits per heavy atom. The summed E-state index contributed by atoms with van der Waals surface area (Å²) in [5.74, 6) is 0.905. The Hall–Kier alpha value is -1.87. The SMILES string of the molecule is Cc1cccnc1COc1ccc2c(c1)CCCC2N. The summed E-state index contributed by atoms with van der Waals surface area (Å²) >= 11 is 0. The fourth-order valence-corrected chi connectivity index (χ4v) is 2.74. The Morgan fingerprint density at radius 1 is 1.35 bits per heavy atom. The minimum Gasteiger partial charge on any atom is -0.487 e. The molecule has 20 heavy (non-hydrogen) atoms. The zero-order chi connectivity index (χ0) is 13.9. The summed E-state index contributed by atoms with van der Waals surface area (Å²) in [7, 11) is 0. The van der Waals surface area contributed by atoms with Crippen LogP contribution in [-0.4, -0.2) is 4.98 Å². The number of ether oxygens (including phenoxy) is 1. The third kappa shape index (κ3) is 2.68. The maximum atomic E-state index is 6.13. The van der Waals surface area contributed by atoms with Crippen molar-refractivity contribution in [3.63, 3.8) is 0 Å². The summed E-state index contributed by atoms with van der Waals surface area (Å²) in [5.41, 5.74) is 10.9. The molecule has 3 heteroatoms. The molecule has 1 aliphatic carbocycles. The lowest BCUT2D eigenvalue weighted by molar-refractivity contribution is 0.299. The Kier molecular flexibility index (Phi) is 3.70. The molecular formula is C17H20N2O. The number of rotatable bonds is 3. The van der Waals surface area contributed by atoms with Gasteiger partial charge in [-0.05, 0) is 61.1 Å². The summed E-state index contributed by atoms with van der Waals surface area (Å²) in [5, 5.41) is 0. The fraction of sp³-hybridized carbons (Fsp3) is 0.353. The predicted molar refractivity (Wildman–Crippen MR) is 79.6 cm³/mol. The van der Waals surface area contributed by atoms with Crippen molar-refractivity contribution in [1.29, 1.82) is 0 Å². The number of aryl methyl sites for hydroxylation is 2. The normalized spacial score (nSPS) is 17.6. The molecule has 3 rings (SSSR count). The molecule has 1 heterocycles. The van der Waals surface area contributed by atoms with Gasteiger partial charge in [0.2, 0.25) is 0 Å². The van der Waals surface area contributed by atoms with Gasteiger partial charge in [0.25, 0.3) is 0 Å². The second-order valence-corrected chi connectivity index (χ2v) is 5.42. The lowest BCUT2D eigenvalue weighted by atomic mass is 9.88. The zero-order valence-electron chi connectivity index (χ0n) is 11.8. The number of nitrogens with zero attached hydrogens (tertiary/aromatic N) is 1. The zero-order valence-corrected chi connectivity index (χ0v) is 11.8. The van der Waals surface area contributed by atoms with Gasteiger partial charge in [-0.25, -0.2) is 0 Å². The molecular weight excluding hydrogens is 248 g/mol. The molecule has 3 nitrogen and oxygen atoms in total. The van der Waals surface area contributed by atoms with Crippen LogP contribution in [0.2, 0.25) is 0 Å². The number of hydrogen-bond acceptors (Lipinski definition) is 3. The molecule has 0 saturated heterocycles. The Bertz CT molecular complexity index is 610. The van der Waals surface area contributed by atoms with Crippen molar-refractivity contribution in [1.82, 2.24) is 4.98 Å². The highest BCUT2D eigenvalue weighted by Crippen LogP contribution is 2.30. The van der Waals surface area contributed by atoms with Gasteiger partial charge in [-0.3, -0.25) is 4.98 Å². The van der Waals surface area contributed by atoms with Gasteiger partial charge in [0.1, 0.15) is 12.4 Å². The van der Waals surface area contributed by atoms with Crippen LogP contribution < -0.4 is 10.5 Å². The average molecular weight is 268 g/mol. The monoisotopic (exact) mass is 268 g/mol. The maximum absolute atomic E-state index is 6.13. The summed E-state index contributed by atoms with van der Waals surface area (Å²) in [6, 6.07) is 10.4. The number of nitrogens with two attached hydrogens (primary N) is 1. The number of hydrogen-bond donors (Lipinski definition) is 1. The Balaban J connectivity index is 1.74. The van der Waals surface area contributed by atoms with Crippen LogP contribution in [0.5, 0.6) is 5.75 Å². The molecule has 0 spiro atoms. The first-order chi connectivity index (χ1) is 9.74. The van der Waals surface area contributed by atoms with Gasteiger partial charge in [-0.2, -0.15) is 0 Å². The summed E-state index contributed by atoms with van der Waals surface area (Å²) in [4.78, 5) is 4.35. The van der Waals surface area contributed by atoms with E-state index in [1.807, 2.05) is 12.1 Å². The molecule has 0 amide bonds. The van der Waals surface area contributed by atoms with E-state index >= 15 is 0 Å². The molecule has 104 valence electrons. The van der Waals surface area contributed by atoms with Crippen molar-refractivity contribution in [3.8, 4) is 5.75 Å². The highest BCUT2D eigenvalue weighted by Gasteiger charge is 2.17. The van der Waals surface area contributed by atoms with E-state index < -0.39 is 0 Å². The van der Waals surface area contributed by atoms with E-state index in [1.165, 1.54) is 11.1 Å². The fourth-order valence-electron chi connectivity index (χ4n) is 2.74. The quantitative estimate of drug-likeness (QED) is 0.929. The van der Waals surface area contributed by atoms with Gasteiger partial charge >= 0.3 is 0 Å². The van der Waals surface area contributed by atoms with Crippen LogP contribution in [0, 0.1) is 6.92 Å². The number of pyridine rings is 1. The van der Waals surface area contributed by atoms with Gasteiger partial charge in [0.05, 0.1) is 5.69 Å². The van der Waals surface area contributed by atoms with Crippen LogP contribution in [0.4, 0.5) is 0 Å². The van der Waals surface area contributed by atoms with Crippen LogP contribution in [0.3, 0.4) is 0 Å². The average Bonchev–Trinajstić information content (AvgIpc) is 2.46. The van der Waals surface area contributed by atoms with E-state index in [-0.39, 0.29) is 6.04 Å². The van der Waals surface area contributed by atoms with E-state index in [2.05, 4.69) is 30.1 Å². The first-order valence-electron chi connectivity index (χ1n) is 7.16. The first kappa shape index (κ1) is 13.1. The molecule has 0 aliphatic heterocycles. The summed E-state index contributed by atoms with van der Waals surface area (Å²) in [6.45, 7) is 2.56. The second kappa shape index (κ2) is 5.63. The third-order valence-corrected chi connectivity index (χ3v) is 3.97. The number of benzene rings is 1. The molecule has 1 aromatic carbocycles. The molecule has 1 aliphatic rings. The van der Waals surface area contributed by atoms with Crippen LogP contribution in [0.25, 0.3) is 0 Å². The van der Waals surface area contributed by atoms with Gasteiger partial charge in [0, 0.05) is 12.2 Å². The smallest absolute Gasteiger partial charge is 0.130 e. The molecule has 1 aromatic heterocycles. The van der Waals surface area contributed by atoms with E-state index in [9.17, 15) is 0 Å². The van der Waals surface area contributed by atoms with Crippen molar-refractivity contribution < 1.29 is 4.74 Å². The Labute approximate surface area is 119 Å². The molecule has 0 radical (unpaired) electrons. The number of aromatic nitrogens is 1. The van der Waals surface area contributed by atoms with Crippen molar-refractivity contribution in [2.75, 3.05) is 0 Å².